The lowest BCUT2D eigenvalue weighted by molar-refractivity contribution is -0.115. The molecule has 6 nitrogen and oxygen atoms in total. The van der Waals surface area contributed by atoms with Gasteiger partial charge in [0.2, 0.25) is 11.2 Å². The zero-order chi connectivity index (χ0) is 23.9. The van der Waals surface area contributed by atoms with Crippen LogP contribution in [-0.2, 0) is 4.79 Å². The van der Waals surface area contributed by atoms with E-state index in [2.05, 4.69) is 27.0 Å². The van der Waals surface area contributed by atoms with E-state index in [1.807, 2.05) is 29.7 Å². The number of nitrogens with one attached hydrogen (secondary N) is 1. The van der Waals surface area contributed by atoms with Crippen LogP contribution in [0.5, 0.6) is 0 Å². The number of fused-ring (bicyclic) bond motifs is 1. The van der Waals surface area contributed by atoms with Crippen LogP contribution in [0.1, 0.15) is 12.8 Å². The Kier molecular flexibility index (Phi) is 7.72. The van der Waals surface area contributed by atoms with Gasteiger partial charge in [-0.05, 0) is 53.8 Å². The van der Waals surface area contributed by atoms with E-state index >= 15 is 0 Å². The highest BCUT2D eigenvalue weighted by Gasteiger charge is 2.21. The van der Waals surface area contributed by atoms with Gasteiger partial charge in [-0.15, -0.1) is 18.3 Å². The van der Waals surface area contributed by atoms with Gasteiger partial charge in [0.15, 0.2) is 0 Å². The van der Waals surface area contributed by atoms with E-state index in [1.165, 1.54) is 16.8 Å². The minimum atomic E-state index is -0.435. The van der Waals surface area contributed by atoms with E-state index in [1.54, 1.807) is 42.2 Å². The molecule has 0 saturated heterocycles. The quantitative estimate of drug-likeness (QED) is 0.166. The van der Waals surface area contributed by atoms with Crippen LogP contribution in [0.15, 0.2) is 79.0 Å². The van der Waals surface area contributed by atoms with Crippen molar-refractivity contribution in [1.82, 2.24) is 19.6 Å². The average molecular weight is 494 g/mol. The molecule has 0 atom stereocenters. The Labute approximate surface area is 205 Å². The second kappa shape index (κ2) is 11.1. The van der Waals surface area contributed by atoms with Gasteiger partial charge in [0.25, 0.3) is 0 Å². The zero-order valence-corrected chi connectivity index (χ0v) is 19.7. The largest absolute Gasteiger partial charge is 0.326 e. The van der Waals surface area contributed by atoms with Crippen LogP contribution >= 0.6 is 23.4 Å². The second-order valence-electron chi connectivity index (χ2n) is 7.23. The maximum absolute atomic E-state index is 14.8. The Bertz CT molecular complexity index is 1370. The Hall–Kier alpha value is -3.49. The number of thioether (sulfide) groups is 1. The molecule has 1 N–H and O–H groups in total. The molecule has 0 bridgehead atoms. The third kappa shape index (κ3) is 5.52. The summed E-state index contributed by atoms with van der Waals surface area (Å²) in [6, 6.07) is 11.9. The first-order valence-electron chi connectivity index (χ1n) is 10.5. The molecule has 1 aromatic carbocycles. The summed E-state index contributed by atoms with van der Waals surface area (Å²) in [7, 11) is 0. The van der Waals surface area contributed by atoms with Gasteiger partial charge in [0, 0.05) is 35.8 Å². The molecule has 34 heavy (non-hydrogen) atoms. The van der Waals surface area contributed by atoms with Crippen molar-refractivity contribution in [3.63, 3.8) is 0 Å². The number of nitrogens with zero attached hydrogens (tertiary/aromatic N) is 4. The van der Waals surface area contributed by atoms with Gasteiger partial charge in [0.1, 0.15) is 17.0 Å². The number of halogens is 2. The normalized spacial score (nSPS) is 11.2. The van der Waals surface area contributed by atoms with Crippen molar-refractivity contribution in [3.05, 3.63) is 90.1 Å². The molecule has 3 heterocycles. The smallest absolute Gasteiger partial charge is 0.225 e. The SMILES string of the molecule is C=CC/C=C\SCCC(=O)Nc1cccc(-c2nn3cccc(F)c3c2-c2ccnc(Cl)n2)c1. The molecule has 4 rings (SSSR count). The van der Waals surface area contributed by atoms with Gasteiger partial charge < -0.3 is 5.32 Å². The highest BCUT2D eigenvalue weighted by molar-refractivity contribution is 8.02. The fourth-order valence-corrected chi connectivity index (χ4v) is 4.22. The molecule has 172 valence electrons. The van der Waals surface area contributed by atoms with Crippen molar-refractivity contribution in [2.24, 2.45) is 0 Å². The van der Waals surface area contributed by atoms with Gasteiger partial charge in [-0.2, -0.15) is 5.10 Å². The molecule has 3 aromatic heterocycles. The minimum absolute atomic E-state index is 0.0531. The minimum Gasteiger partial charge on any atom is -0.326 e. The predicted octanol–water partition coefficient (Wildman–Crippen LogP) is 6.40. The Morgan fingerprint density at radius 3 is 2.97 bits per heavy atom. The molecule has 0 radical (unpaired) electrons. The van der Waals surface area contributed by atoms with Crippen molar-refractivity contribution in [2.75, 3.05) is 11.1 Å². The first kappa shape index (κ1) is 23.7. The summed E-state index contributed by atoms with van der Waals surface area (Å²) < 4.78 is 16.3. The highest BCUT2D eigenvalue weighted by atomic mass is 35.5. The highest BCUT2D eigenvalue weighted by Crippen LogP contribution is 2.36. The molecule has 0 aliphatic rings. The number of benzene rings is 1. The van der Waals surface area contributed by atoms with E-state index in [0.29, 0.717) is 40.4 Å². The number of anilines is 1. The van der Waals surface area contributed by atoms with Crippen molar-refractivity contribution in [1.29, 1.82) is 0 Å². The molecular formula is C25H21ClFN5OS. The van der Waals surface area contributed by atoms with E-state index in [4.69, 9.17) is 11.6 Å². The van der Waals surface area contributed by atoms with Crippen LogP contribution < -0.4 is 5.32 Å². The number of carbonyl (C=O) groups is 1. The molecule has 0 unspecified atom stereocenters. The van der Waals surface area contributed by atoms with Crippen molar-refractivity contribution in [2.45, 2.75) is 12.8 Å². The summed E-state index contributed by atoms with van der Waals surface area (Å²) in [5.41, 5.74) is 3.06. The Morgan fingerprint density at radius 2 is 2.15 bits per heavy atom. The van der Waals surface area contributed by atoms with E-state index < -0.39 is 5.82 Å². The van der Waals surface area contributed by atoms with E-state index in [0.717, 1.165) is 6.42 Å². The Balaban J connectivity index is 1.62. The van der Waals surface area contributed by atoms with Crippen LogP contribution in [0.3, 0.4) is 0 Å². The molecule has 4 aromatic rings. The number of hydrogen-bond donors (Lipinski definition) is 1. The van der Waals surface area contributed by atoms with Crippen LogP contribution in [0.4, 0.5) is 10.1 Å². The molecular weight excluding hydrogens is 473 g/mol. The first-order chi connectivity index (χ1) is 16.6. The average Bonchev–Trinajstić information content (AvgIpc) is 3.23. The van der Waals surface area contributed by atoms with Crippen molar-refractivity contribution >= 4 is 40.5 Å². The number of carbonyl (C=O) groups excluding carboxylic acids is 1. The predicted molar refractivity (Wildman–Crippen MR) is 136 cm³/mol. The number of allylic oxidation sites excluding steroid dienone is 2. The lowest BCUT2D eigenvalue weighted by Crippen LogP contribution is -2.12. The summed E-state index contributed by atoms with van der Waals surface area (Å²) in [6.07, 6.45) is 8.18. The lowest BCUT2D eigenvalue weighted by atomic mass is 10.0. The second-order valence-corrected chi connectivity index (χ2v) is 8.58. The number of amides is 1. The summed E-state index contributed by atoms with van der Waals surface area (Å²) in [5.74, 6) is 0.143. The molecule has 0 spiro atoms. The van der Waals surface area contributed by atoms with Crippen LogP contribution in [-0.4, -0.2) is 31.2 Å². The fraction of sp³-hybridized carbons (Fsp3) is 0.120. The summed E-state index contributed by atoms with van der Waals surface area (Å²) in [6.45, 7) is 3.66. The molecule has 0 aliphatic heterocycles. The van der Waals surface area contributed by atoms with Gasteiger partial charge in [-0.1, -0.05) is 24.3 Å². The van der Waals surface area contributed by atoms with Crippen LogP contribution in [0.2, 0.25) is 5.28 Å². The molecule has 1 amide bonds. The maximum Gasteiger partial charge on any atom is 0.225 e. The fourth-order valence-electron chi connectivity index (χ4n) is 3.39. The summed E-state index contributed by atoms with van der Waals surface area (Å²) in [4.78, 5) is 20.6. The third-order valence-corrected chi connectivity index (χ3v) is 5.86. The zero-order valence-electron chi connectivity index (χ0n) is 18.1. The van der Waals surface area contributed by atoms with Crippen molar-refractivity contribution in [3.8, 4) is 22.5 Å². The van der Waals surface area contributed by atoms with Gasteiger partial charge >= 0.3 is 0 Å². The van der Waals surface area contributed by atoms with Crippen molar-refractivity contribution < 1.29 is 9.18 Å². The lowest BCUT2D eigenvalue weighted by Gasteiger charge is -2.08. The van der Waals surface area contributed by atoms with Crippen LogP contribution in [0, 0.1) is 5.82 Å². The van der Waals surface area contributed by atoms with Gasteiger partial charge in [0.05, 0.1) is 11.3 Å². The molecule has 0 fully saturated rings. The maximum atomic E-state index is 14.8. The topological polar surface area (TPSA) is 72.2 Å². The number of pyridine rings is 1. The number of rotatable bonds is 9. The standard InChI is InChI=1S/C25H21ClFN5OS/c1-2-3-4-14-34-15-11-21(33)29-18-8-5-7-17(16-18)23-22(20-10-12-28-25(26)30-20)24-19(27)9-6-13-32(24)31-23/h2,4-10,12-14,16H,1,3,11,15H2,(H,29,33)/b14-4-. The number of hydrogen-bond acceptors (Lipinski definition) is 5. The molecule has 0 aliphatic carbocycles. The van der Waals surface area contributed by atoms with Crippen LogP contribution in [0.25, 0.3) is 28.0 Å². The summed E-state index contributed by atoms with van der Waals surface area (Å²) in [5, 5.41) is 9.54. The van der Waals surface area contributed by atoms with Gasteiger partial charge in [-0.3, -0.25) is 4.79 Å². The number of aromatic nitrogens is 4. The monoisotopic (exact) mass is 493 g/mol. The van der Waals surface area contributed by atoms with E-state index in [9.17, 15) is 9.18 Å². The Morgan fingerprint density at radius 1 is 1.26 bits per heavy atom. The third-order valence-electron chi connectivity index (χ3n) is 4.85. The molecule has 9 heteroatoms. The summed E-state index contributed by atoms with van der Waals surface area (Å²) >= 11 is 7.59. The van der Waals surface area contributed by atoms with Gasteiger partial charge in [-0.25, -0.2) is 18.9 Å². The molecule has 0 saturated carbocycles. The van der Waals surface area contributed by atoms with E-state index in [-0.39, 0.29) is 16.7 Å². The first-order valence-corrected chi connectivity index (χ1v) is 11.9.